The van der Waals surface area contributed by atoms with Crippen molar-refractivity contribution < 1.29 is 4.21 Å². The van der Waals surface area contributed by atoms with Gasteiger partial charge in [-0.2, -0.15) is 5.10 Å². The van der Waals surface area contributed by atoms with Gasteiger partial charge in [-0.25, -0.2) is 4.21 Å². The molecule has 0 aliphatic heterocycles. The van der Waals surface area contributed by atoms with Gasteiger partial charge in [0.05, 0.1) is 16.4 Å². The van der Waals surface area contributed by atoms with Gasteiger partial charge >= 0.3 is 0 Å². The van der Waals surface area contributed by atoms with Crippen molar-refractivity contribution in [3.05, 3.63) is 35.0 Å². The molecule has 2 rings (SSSR count). The molecule has 0 bridgehead atoms. The zero-order chi connectivity index (χ0) is 14.9. The number of anilines is 1. The van der Waals surface area contributed by atoms with Gasteiger partial charge in [-0.15, -0.1) is 0 Å². The van der Waals surface area contributed by atoms with Crippen molar-refractivity contribution in [2.24, 2.45) is 0 Å². The van der Waals surface area contributed by atoms with Crippen molar-refractivity contribution in [1.29, 1.82) is 0 Å². The number of halogens is 1. The minimum Gasteiger partial charge on any atom is -0.304 e. The summed E-state index contributed by atoms with van der Waals surface area (Å²) in [7, 11) is -1.16. The second-order valence-corrected chi connectivity index (χ2v) is 6.50. The van der Waals surface area contributed by atoms with Gasteiger partial charge < -0.3 is 4.72 Å². The average Bonchev–Trinajstić information content (AvgIpc) is 2.82. The van der Waals surface area contributed by atoms with E-state index >= 15 is 0 Å². The standard InChI is InChI=1S/C14H18ClN3OS/c1-9(2)18-6-5-12(16-18)11-7-10(3)8-13(14(11)15)17-20(4)19/h5-9,17H,1-4H3. The molecule has 0 spiro atoms. The van der Waals surface area contributed by atoms with Crippen molar-refractivity contribution in [1.82, 2.24) is 9.78 Å². The van der Waals surface area contributed by atoms with Gasteiger partial charge in [-0.3, -0.25) is 4.68 Å². The number of nitrogens with zero attached hydrogens (tertiary/aromatic N) is 2. The van der Waals surface area contributed by atoms with Crippen molar-refractivity contribution in [3.8, 4) is 11.3 Å². The van der Waals surface area contributed by atoms with Crippen molar-refractivity contribution in [2.45, 2.75) is 26.8 Å². The number of rotatable bonds is 4. The third-order valence-corrected chi connectivity index (χ3v) is 3.80. The van der Waals surface area contributed by atoms with E-state index in [0.717, 1.165) is 16.8 Å². The molecule has 1 unspecified atom stereocenters. The lowest BCUT2D eigenvalue weighted by molar-refractivity contribution is 0.534. The molecule has 0 radical (unpaired) electrons. The Balaban J connectivity index is 2.49. The quantitative estimate of drug-likeness (QED) is 0.933. The first-order valence-electron chi connectivity index (χ1n) is 6.34. The predicted octanol–water partition coefficient (Wildman–Crippen LogP) is 3.80. The molecule has 0 aliphatic rings. The molecule has 1 heterocycles. The summed E-state index contributed by atoms with van der Waals surface area (Å²) in [4.78, 5) is 0. The molecule has 4 nitrogen and oxygen atoms in total. The summed E-state index contributed by atoms with van der Waals surface area (Å²) in [6.07, 6.45) is 3.51. The summed E-state index contributed by atoms with van der Waals surface area (Å²) in [5, 5.41) is 5.07. The molecule has 6 heteroatoms. The Morgan fingerprint density at radius 2 is 2.10 bits per heavy atom. The highest BCUT2D eigenvalue weighted by Gasteiger charge is 2.13. The lowest BCUT2D eigenvalue weighted by atomic mass is 10.1. The summed E-state index contributed by atoms with van der Waals surface area (Å²) in [5.74, 6) is 0. The second-order valence-electron chi connectivity index (χ2n) is 5.00. The fraction of sp³-hybridized carbons (Fsp3) is 0.357. The number of aromatic nitrogens is 2. The van der Waals surface area contributed by atoms with Gasteiger partial charge in [0.25, 0.3) is 0 Å². The van der Waals surface area contributed by atoms with Crippen molar-refractivity contribution in [2.75, 3.05) is 11.0 Å². The Morgan fingerprint density at radius 1 is 1.40 bits per heavy atom. The Morgan fingerprint density at radius 3 is 2.65 bits per heavy atom. The minimum atomic E-state index is -1.16. The maximum atomic E-state index is 11.3. The van der Waals surface area contributed by atoms with E-state index in [2.05, 4.69) is 23.7 Å². The molecule has 108 valence electrons. The average molecular weight is 312 g/mol. The van der Waals surface area contributed by atoms with E-state index in [4.69, 9.17) is 11.6 Å². The third-order valence-electron chi connectivity index (χ3n) is 2.88. The first-order valence-corrected chi connectivity index (χ1v) is 8.28. The van der Waals surface area contributed by atoms with Crippen LogP contribution in [0.4, 0.5) is 5.69 Å². The molecule has 1 aromatic heterocycles. The Labute approximate surface area is 126 Å². The molecule has 1 atom stereocenters. The highest BCUT2D eigenvalue weighted by Crippen LogP contribution is 2.34. The topological polar surface area (TPSA) is 46.9 Å². The van der Waals surface area contributed by atoms with Crippen LogP contribution in [0, 0.1) is 6.92 Å². The Kier molecular flexibility index (Phi) is 4.50. The summed E-state index contributed by atoms with van der Waals surface area (Å²) in [5.41, 5.74) is 3.37. The highest BCUT2D eigenvalue weighted by atomic mass is 35.5. The number of aryl methyl sites for hydroxylation is 1. The molecule has 0 amide bonds. The van der Waals surface area contributed by atoms with Gasteiger partial charge in [0.15, 0.2) is 0 Å². The van der Waals surface area contributed by atoms with Crippen LogP contribution in [-0.4, -0.2) is 20.2 Å². The lowest BCUT2D eigenvalue weighted by Crippen LogP contribution is -2.03. The smallest absolute Gasteiger partial charge is 0.113 e. The summed E-state index contributed by atoms with van der Waals surface area (Å²) in [6, 6.07) is 6.10. The number of benzene rings is 1. The van der Waals surface area contributed by atoms with E-state index in [0.29, 0.717) is 16.8 Å². The molecule has 1 aromatic carbocycles. The molecule has 0 saturated carbocycles. The second kappa shape index (κ2) is 5.97. The third kappa shape index (κ3) is 3.22. The van der Waals surface area contributed by atoms with E-state index < -0.39 is 11.0 Å². The Bertz CT molecular complexity index is 652. The van der Waals surface area contributed by atoms with Crippen LogP contribution in [0.1, 0.15) is 25.5 Å². The zero-order valence-electron chi connectivity index (χ0n) is 12.0. The first kappa shape index (κ1) is 15.1. The normalized spacial score (nSPS) is 12.7. The Hall–Kier alpha value is -1.33. The molecule has 20 heavy (non-hydrogen) atoms. The van der Waals surface area contributed by atoms with Gasteiger partial charge in [0, 0.05) is 24.1 Å². The van der Waals surface area contributed by atoms with Crippen LogP contribution in [0.25, 0.3) is 11.3 Å². The molecule has 1 N–H and O–H groups in total. The number of hydrogen-bond donors (Lipinski definition) is 1. The molecule has 2 aromatic rings. The summed E-state index contributed by atoms with van der Waals surface area (Å²) >= 11 is 6.40. The van der Waals surface area contributed by atoms with Gasteiger partial charge in [-0.1, -0.05) is 11.6 Å². The maximum Gasteiger partial charge on any atom is 0.113 e. The summed E-state index contributed by atoms with van der Waals surface area (Å²) < 4.78 is 16.1. The first-order chi connectivity index (χ1) is 9.38. The SMILES string of the molecule is Cc1cc(NS(C)=O)c(Cl)c(-c2ccn(C(C)C)n2)c1. The van der Waals surface area contributed by atoms with Crippen LogP contribution in [0.5, 0.6) is 0 Å². The van der Waals surface area contributed by atoms with E-state index in [1.165, 1.54) is 0 Å². The van der Waals surface area contributed by atoms with E-state index in [1.807, 2.05) is 36.0 Å². The molecular formula is C14H18ClN3OS. The van der Waals surface area contributed by atoms with Crippen LogP contribution < -0.4 is 4.72 Å². The van der Waals surface area contributed by atoms with Crippen molar-refractivity contribution in [3.63, 3.8) is 0 Å². The van der Waals surface area contributed by atoms with Crippen LogP contribution in [-0.2, 0) is 11.0 Å². The molecule has 0 fully saturated rings. The molecule has 0 aliphatic carbocycles. The van der Waals surface area contributed by atoms with E-state index in [9.17, 15) is 4.21 Å². The molecular weight excluding hydrogens is 294 g/mol. The summed E-state index contributed by atoms with van der Waals surface area (Å²) in [6.45, 7) is 6.12. The van der Waals surface area contributed by atoms with Crippen LogP contribution in [0.2, 0.25) is 5.02 Å². The van der Waals surface area contributed by atoms with Gasteiger partial charge in [0.2, 0.25) is 0 Å². The highest BCUT2D eigenvalue weighted by molar-refractivity contribution is 7.85. The predicted molar refractivity (Wildman–Crippen MR) is 85.5 cm³/mol. The lowest BCUT2D eigenvalue weighted by Gasteiger charge is -2.11. The van der Waals surface area contributed by atoms with E-state index in [1.54, 1.807) is 6.26 Å². The van der Waals surface area contributed by atoms with Gasteiger partial charge in [-0.05, 0) is 44.5 Å². The number of hydrogen-bond acceptors (Lipinski definition) is 2. The monoisotopic (exact) mass is 311 g/mol. The largest absolute Gasteiger partial charge is 0.304 e. The van der Waals surface area contributed by atoms with Crippen LogP contribution >= 0.6 is 11.6 Å². The minimum absolute atomic E-state index is 0.299. The van der Waals surface area contributed by atoms with Crippen LogP contribution in [0.15, 0.2) is 24.4 Å². The van der Waals surface area contributed by atoms with E-state index in [-0.39, 0.29) is 0 Å². The molecule has 0 saturated heterocycles. The zero-order valence-corrected chi connectivity index (χ0v) is 13.5. The fourth-order valence-corrected chi connectivity index (χ4v) is 2.73. The van der Waals surface area contributed by atoms with Gasteiger partial charge in [0.1, 0.15) is 11.0 Å². The number of nitrogens with one attached hydrogen (secondary N) is 1. The van der Waals surface area contributed by atoms with Crippen LogP contribution in [0.3, 0.4) is 0 Å². The van der Waals surface area contributed by atoms with Crippen molar-refractivity contribution >= 4 is 28.3 Å². The maximum absolute atomic E-state index is 11.3. The fourth-order valence-electron chi connectivity index (χ4n) is 1.95.